The molecule has 0 heterocycles. The van der Waals surface area contributed by atoms with E-state index in [9.17, 15) is 9.90 Å². The maximum Gasteiger partial charge on any atom is 0.335 e. The van der Waals surface area contributed by atoms with Gasteiger partial charge in [0.1, 0.15) is 5.75 Å². The number of benzene rings is 1. The highest BCUT2D eigenvalue weighted by Gasteiger charge is 2.03. The lowest BCUT2D eigenvalue weighted by atomic mass is 10.2. The van der Waals surface area contributed by atoms with Gasteiger partial charge in [0.25, 0.3) is 0 Å². The fraction of sp³-hybridized carbons (Fsp3) is 0.222. The van der Waals surface area contributed by atoms with Crippen LogP contribution in [0, 0.1) is 0 Å². The zero-order chi connectivity index (χ0) is 9.84. The molecule has 70 valence electrons. The maximum atomic E-state index is 11.1. The predicted molar refractivity (Wildman–Crippen MR) is 44.0 cm³/mol. The van der Waals surface area contributed by atoms with Gasteiger partial charge in [0.05, 0.1) is 12.2 Å². The Hall–Kier alpha value is -1.71. The Labute approximate surface area is 75.4 Å². The molecule has 1 N–H and O–H groups in total. The standard InChI is InChI=1S/C9H10O4/c1-2-13-6-3-4-7(9(11)12)8(10)5-6/h3-5,10H,2H2,1H3,(H,11,12)/p-1. The summed E-state index contributed by atoms with van der Waals surface area (Å²) in [6, 6.07) is 3.89. The molecule has 1 aromatic carbocycles. The second kappa shape index (κ2) is 3.80. The molecule has 1 aromatic rings. The molecule has 0 unspecified atom stereocenters. The number of hydrogen-bond acceptors (Lipinski definition) is 3. The lowest BCUT2D eigenvalue weighted by molar-refractivity contribution is -0.268. The smallest absolute Gasteiger partial charge is 0.335 e. The second-order valence-corrected chi connectivity index (χ2v) is 2.40. The second-order valence-electron chi connectivity index (χ2n) is 2.40. The van der Waals surface area contributed by atoms with Gasteiger partial charge in [0, 0.05) is 0 Å². The normalized spacial score (nSPS) is 9.62. The molecule has 0 saturated carbocycles. The Kier molecular flexibility index (Phi) is 2.74. The highest BCUT2D eigenvalue weighted by molar-refractivity contribution is 5.90. The van der Waals surface area contributed by atoms with Crippen LogP contribution in [0.2, 0.25) is 0 Å². The molecular formula is C9H9O4-. The van der Waals surface area contributed by atoms with E-state index >= 15 is 0 Å². The number of carbonyl (C=O) groups is 1. The molecular weight excluding hydrogens is 172 g/mol. The number of hydrogen-bond donors (Lipinski definition) is 1. The van der Waals surface area contributed by atoms with Gasteiger partial charge >= 0.3 is 5.97 Å². The number of ether oxygens (including phenoxy) is 1. The monoisotopic (exact) mass is 181 g/mol. The molecule has 13 heavy (non-hydrogen) atoms. The van der Waals surface area contributed by atoms with E-state index in [-0.39, 0.29) is 5.56 Å². The van der Waals surface area contributed by atoms with E-state index in [1.165, 1.54) is 18.2 Å². The lowest BCUT2D eigenvalue weighted by Gasteiger charge is -2.11. The maximum absolute atomic E-state index is 11.1. The summed E-state index contributed by atoms with van der Waals surface area (Å²) in [5, 5.41) is 19.6. The summed E-state index contributed by atoms with van der Waals surface area (Å²) in [7, 11) is 0. The zero-order valence-electron chi connectivity index (χ0n) is 7.11. The molecule has 0 aliphatic heterocycles. The molecule has 0 fully saturated rings. The molecule has 0 spiro atoms. The summed E-state index contributed by atoms with van der Waals surface area (Å²) in [5.74, 6) is -1.34. The van der Waals surface area contributed by atoms with E-state index in [1.54, 1.807) is 6.92 Å². The van der Waals surface area contributed by atoms with Crippen LogP contribution in [0.25, 0.3) is 0 Å². The van der Waals surface area contributed by atoms with Crippen LogP contribution in [0.1, 0.15) is 17.3 Å². The number of aromatic carboxylic acids is 1. The van der Waals surface area contributed by atoms with Gasteiger partial charge in [-0.15, -0.1) is 0 Å². The predicted octanol–water partition coefficient (Wildman–Crippen LogP) is 0.857. The molecule has 4 heteroatoms. The third-order valence-corrected chi connectivity index (χ3v) is 1.49. The van der Waals surface area contributed by atoms with Crippen LogP contribution in [0.15, 0.2) is 18.2 Å². The van der Waals surface area contributed by atoms with Crippen molar-refractivity contribution in [2.75, 3.05) is 6.61 Å². The van der Waals surface area contributed by atoms with Gasteiger partial charge in [-0.2, -0.15) is 0 Å². The fourth-order valence-corrected chi connectivity index (χ4v) is 0.936. The third kappa shape index (κ3) is 2.11. The van der Waals surface area contributed by atoms with E-state index in [0.29, 0.717) is 12.4 Å². The average molecular weight is 181 g/mol. The van der Waals surface area contributed by atoms with Gasteiger partial charge in [0.2, 0.25) is 0 Å². The molecule has 0 aliphatic carbocycles. The van der Waals surface area contributed by atoms with Crippen LogP contribution in [-0.4, -0.2) is 17.7 Å². The number of rotatable bonds is 3. The summed E-state index contributed by atoms with van der Waals surface area (Å²) in [6.45, 7) is 2.24. The third-order valence-electron chi connectivity index (χ3n) is 1.49. The summed E-state index contributed by atoms with van der Waals surface area (Å²) in [6.07, 6.45) is 0. The Balaban J connectivity index is 2.98. The van der Waals surface area contributed by atoms with Crippen molar-refractivity contribution in [3.8, 4) is 11.5 Å². The van der Waals surface area contributed by atoms with Crippen molar-refractivity contribution in [3.63, 3.8) is 0 Å². The average Bonchev–Trinajstić information content (AvgIpc) is 2.04. The Bertz CT molecular complexity index is 319. The molecule has 1 rings (SSSR count). The molecule has 0 aromatic heterocycles. The Morgan fingerprint density at radius 2 is 2.31 bits per heavy atom. The summed E-state index contributed by atoms with van der Waals surface area (Å²) in [4.78, 5) is 10.5. The molecule has 0 saturated heterocycles. The van der Waals surface area contributed by atoms with Crippen molar-refractivity contribution in [1.29, 1.82) is 0 Å². The SMILES string of the molecule is CCOc1ccc(C(=O)O)c([O-])c1. The molecule has 0 aliphatic rings. The first-order valence-electron chi connectivity index (χ1n) is 3.82. The highest BCUT2D eigenvalue weighted by Crippen LogP contribution is 2.20. The van der Waals surface area contributed by atoms with Gasteiger partial charge in [-0.25, -0.2) is 4.79 Å². The summed E-state index contributed by atoms with van der Waals surface area (Å²) >= 11 is 0. The first-order valence-corrected chi connectivity index (χ1v) is 3.82. The van der Waals surface area contributed by atoms with Crippen LogP contribution >= 0.6 is 0 Å². The Morgan fingerprint density at radius 3 is 2.77 bits per heavy atom. The number of carboxylic acid groups (broad SMARTS) is 1. The molecule has 0 radical (unpaired) electrons. The largest absolute Gasteiger partial charge is 0.872 e. The zero-order valence-corrected chi connectivity index (χ0v) is 7.11. The van der Waals surface area contributed by atoms with Crippen molar-refractivity contribution in [2.45, 2.75) is 6.92 Å². The molecule has 0 amide bonds. The van der Waals surface area contributed by atoms with E-state index in [0.717, 1.165) is 0 Å². The molecule has 4 nitrogen and oxygen atoms in total. The van der Waals surface area contributed by atoms with Gasteiger partial charge < -0.3 is 14.9 Å². The molecule has 0 atom stereocenters. The molecule has 0 bridgehead atoms. The van der Waals surface area contributed by atoms with Gasteiger partial charge in [-0.3, -0.25) is 0 Å². The lowest BCUT2D eigenvalue weighted by Crippen LogP contribution is -2.04. The van der Waals surface area contributed by atoms with Crippen molar-refractivity contribution in [3.05, 3.63) is 23.8 Å². The topological polar surface area (TPSA) is 69.6 Å². The minimum absolute atomic E-state index is 0.233. The van der Waals surface area contributed by atoms with Crippen molar-refractivity contribution < 1.29 is 19.7 Å². The van der Waals surface area contributed by atoms with E-state index < -0.39 is 11.7 Å². The van der Waals surface area contributed by atoms with Crippen molar-refractivity contribution in [2.24, 2.45) is 0 Å². The van der Waals surface area contributed by atoms with E-state index in [2.05, 4.69) is 0 Å². The van der Waals surface area contributed by atoms with Crippen LogP contribution < -0.4 is 9.84 Å². The van der Waals surface area contributed by atoms with E-state index in [4.69, 9.17) is 9.84 Å². The van der Waals surface area contributed by atoms with Crippen LogP contribution in [-0.2, 0) is 0 Å². The summed E-state index contributed by atoms with van der Waals surface area (Å²) < 4.78 is 5.03. The fourth-order valence-electron chi connectivity index (χ4n) is 0.936. The van der Waals surface area contributed by atoms with Crippen molar-refractivity contribution >= 4 is 5.97 Å². The van der Waals surface area contributed by atoms with Crippen LogP contribution in [0.5, 0.6) is 11.5 Å². The highest BCUT2D eigenvalue weighted by atomic mass is 16.5. The van der Waals surface area contributed by atoms with Gasteiger partial charge in [-0.1, -0.05) is 5.75 Å². The van der Waals surface area contributed by atoms with Gasteiger partial charge in [-0.05, 0) is 25.1 Å². The first kappa shape index (κ1) is 9.38. The Morgan fingerprint density at radius 1 is 1.62 bits per heavy atom. The van der Waals surface area contributed by atoms with Crippen LogP contribution in [0.3, 0.4) is 0 Å². The number of carboxylic acids is 1. The quantitative estimate of drug-likeness (QED) is 0.750. The minimum atomic E-state index is -1.21. The minimum Gasteiger partial charge on any atom is -0.872 e. The first-order chi connectivity index (χ1) is 6.15. The van der Waals surface area contributed by atoms with Crippen LogP contribution in [0.4, 0.5) is 0 Å². The summed E-state index contributed by atoms with van der Waals surface area (Å²) in [5.41, 5.74) is -0.233. The van der Waals surface area contributed by atoms with Crippen molar-refractivity contribution in [1.82, 2.24) is 0 Å². The van der Waals surface area contributed by atoms with Gasteiger partial charge in [0.15, 0.2) is 0 Å². The van der Waals surface area contributed by atoms with E-state index in [1.807, 2.05) is 0 Å².